The molecule has 0 saturated heterocycles. The summed E-state index contributed by atoms with van der Waals surface area (Å²) in [4.78, 5) is 12.0. The molecule has 1 amide bonds. The monoisotopic (exact) mass is 382 g/mol. The Hall–Kier alpha value is -1.70. The van der Waals surface area contributed by atoms with Gasteiger partial charge < -0.3 is 5.32 Å². The number of aryl methyl sites for hydroxylation is 1. The third-order valence-electron chi connectivity index (χ3n) is 2.93. The van der Waals surface area contributed by atoms with E-state index in [2.05, 4.69) is 26.0 Å². The van der Waals surface area contributed by atoms with Crippen molar-refractivity contribution in [2.75, 3.05) is 11.9 Å². The molecule has 0 radical (unpaired) electrons. The first-order valence-corrected chi connectivity index (χ1v) is 8.77. The van der Waals surface area contributed by atoms with Crippen molar-refractivity contribution < 1.29 is 13.2 Å². The van der Waals surface area contributed by atoms with Gasteiger partial charge in [0.05, 0.1) is 11.4 Å². The van der Waals surface area contributed by atoms with Gasteiger partial charge in [-0.3, -0.25) is 4.79 Å². The molecular formula is C15H15BrN2O3S. The third-order valence-corrected chi connectivity index (χ3v) is 5.02. The van der Waals surface area contributed by atoms with Crippen LogP contribution in [0.3, 0.4) is 0 Å². The molecular weight excluding hydrogens is 368 g/mol. The number of sulfonamides is 1. The molecule has 0 spiro atoms. The smallest absolute Gasteiger partial charge is 0.241 e. The van der Waals surface area contributed by atoms with Crippen LogP contribution in [-0.2, 0) is 14.8 Å². The summed E-state index contributed by atoms with van der Waals surface area (Å²) in [5.41, 5.74) is 1.23. The van der Waals surface area contributed by atoms with E-state index in [1.54, 1.807) is 49.4 Å². The Morgan fingerprint density at radius 3 is 2.36 bits per heavy atom. The Morgan fingerprint density at radius 2 is 1.73 bits per heavy atom. The predicted molar refractivity (Wildman–Crippen MR) is 89.1 cm³/mol. The first-order chi connectivity index (χ1) is 10.4. The normalized spacial score (nSPS) is 11.2. The van der Waals surface area contributed by atoms with E-state index in [0.29, 0.717) is 11.3 Å². The lowest BCUT2D eigenvalue weighted by molar-refractivity contribution is -0.115. The average Bonchev–Trinajstić information content (AvgIpc) is 2.48. The number of hydrogen-bond acceptors (Lipinski definition) is 3. The fraction of sp³-hybridized carbons (Fsp3) is 0.133. The van der Waals surface area contributed by atoms with Crippen LogP contribution in [0, 0.1) is 6.92 Å². The van der Waals surface area contributed by atoms with E-state index in [0.717, 1.165) is 4.47 Å². The largest absolute Gasteiger partial charge is 0.325 e. The van der Waals surface area contributed by atoms with Gasteiger partial charge in [0.15, 0.2) is 0 Å². The number of benzene rings is 2. The molecule has 0 heterocycles. The number of anilines is 1. The van der Waals surface area contributed by atoms with Gasteiger partial charge in [-0.1, -0.05) is 34.1 Å². The van der Waals surface area contributed by atoms with E-state index in [1.807, 2.05) is 0 Å². The molecule has 0 fully saturated rings. The number of rotatable bonds is 5. The second-order valence-corrected chi connectivity index (χ2v) is 7.30. The van der Waals surface area contributed by atoms with Crippen LogP contribution in [0.15, 0.2) is 57.9 Å². The van der Waals surface area contributed by atoms with Crippen LogP contribution in [-0.4, -0.2) is 20.9 Å². The Kier molecular flexibility index (Phi) is 5.33. The zero-order chi connectivity index (χ0) is 16.2. The van der Waals surface area contributed by atoms with Gasteiger partial charge in [0.25, 0.3) is 0 Å². The summed E-state index contributed by atoms with van der Waals surface area (Å²) in [7, 11) is -3.70. The lowest BCUT2D eigenvalue weighted by Crippen LogP contribution is -2.33. The molecule has 7 heteroatoms. The molecule has 2 N–H and O–H groups in total. The van der Waals surface area contributed by atoms with Gasteiger partial charge in [-0.2, -0.15) is 0 Å². The van der Waals surface area contributed by atoms with Crippen molar-refractivity contribution >= 4 is 37.5 Å². The Labute approximate surface area is 137 Å². The number of halogens is 1. The summed E-state index contributed by atoms with van der Waals surface area (Å²) in [5, 5.41) is 2.62. The van der Waals surface area contributed by atoms with Crippen molar-refractivity contribution in [2.45, 2.75) is 11.8 Å². The highest BCUT2D eigenvalue weighted by Crippen LogP contribution is 2.15. The van der Waals surface area contributed by atoms with Crippen LogP contribution in [0.25, 0.3) is 0 Å². The van der Waals surface area contributed by atoms with Crippen molar-refractivity contribution in [3.63, 3.8) is 0 Å². The molecule has 2 rings (SSSR count). The minimum absolute atomic E-state index is 0.173. The minimum atomic E-state index is -3.70. The van der Waals surface area contributed by atoms with E-state index in [-0.39, 0.29) is 11.4 Å². The summed E-state index contributed by atoms with van der Waals surface area (Å²) >= 11 is 3.30. The highest BCUT2D eigenvalue weighted by atomic mass is 79.9. The number of nitrogens with one attached hydrogen (secondary N) is 2. The third kappa shape index (κ3) is 4.40. The zero-order valence-corrected chi connectivity index (χ0v) is 14.2. The Balaban J connectivity index is 1.98. The maximum Gasteiger partial charge on any atom is 0.241 e. The first kappa shape index (κ1) is 16.7. The van der Waals surface area contributed by atoms with Crippen LogP contribution < -0.4 is 10.0 Å². The van der Waals surface area contributed by atoms with E-state index in [9.17, 15) is 13.2 Å². The fourth-order valence-electron chi connectivity index (χ4n) is 1.83. The van der Waals surface area contributed by atoms with Crippen molar-refractivity contribution in [2.24, 2.45) is 0 Å². The van der Waals surface area contributed by atoms with Gasteiger partial charge in [0, 0.05) is 10.2 Å². The van der Waals surface area contributed by atoms with Crippen molar-refractivity contribution in [3.8, 4) is 0 Å². The standard InChI is InChI=1S/C15H15BrN2O3S/c1-11-4-2-3-5-14(11)22(20,21)17-10-15(19)18-13-8-6-12(16)7-9-13/h2-9,17H,10H2,1H3,(H,18,19). The van der Waals surface area contributed by atoms with Crippen LogP contribution in [0.5, 0.6) is 0 Å². The molecule has 0 aliphatic heterocycles. The molecule has 22 heavy (non-hydrogen) atoms. The molecule has 2 aromatic carbocycles. The number of carbonyl (C=O) groups is 1. The summed E-state index contributed by atoms with van der Waals surface area (Å²) in [6.07, 6.45) is 0. The molecule has 0 aliphatic carbocycles. The first-order valence-electron chi connectivity index (χ1n) is 6.49. The topological polar surface area (TPSA) is 75.3 Å². The van der Waals surface area contributed by atoms with Crippen LogP contribution in [0.1, 0.15) is 5.56 Å². The van der Waals surface area contributed by atoms with Gasteiger partial charge >= 0.3 is 0 Å². The summed E-state index contributed by atoms with van der Waals surface area (Å²) in [6.45, 7) is 1.38. The number of carbonyl (C=O) groups excluding carboxylic acids is 1. The maximum absolute atomic E-state index is 12.2. The van der Waals surface area contributed by atoms with E-state index in [1.165, 1.54) is 6.07 Å². The second-order valence-electron chi connectivity index (χ2n) is 4.65. The lowest BCUT2D eigenvalue weighted by atomic mass is 10.2. The molecule has 5 nitrogen and oxygen atoms in total. The van der Waals surface area contributed by atoms with E-state index < -0.39 is 15.9 Å². The predicted octanol–water partition coefficient (Wildman–Crippen LogP) is 2.67. The number of amides is 1. The highest BCUT2D eigenvalue weighted by molar-refractivity contribution is 9.10. The molecule has 0 saturated carbocycles. The fourth-order valence-corrected chi connectivity index (χ4v) is 3.33. The molecule has 116 valence electrons. The number of hydrogen-bond donors (Lipinski definition) is 2. The Morgan fingerprint density at radius 1 is 1.09 bits per heavy atom. The second kappa shape index (κ2) is 7.04. The van der Waals surface area contributed by atoms with Gasteiger partial charge in [0.2, 0.25) is 15.9 Å². The van der Waals surface area contributed by atoms with Gasteiger partial charge in [-0.15, -0.1) is 0 Å². The summed E-state index contributed by atoms with van der Waals surface area (Å²) in [5.74, 6) is -0.431. The SMILES string of the molecule is Cc1ccccc1S(=O)(=O)NCC(=O)Nc1ccc(Br)cc1. The Bertz CT molecular complexity index is 774. The average molecular weight is 383 g/mol. The molecule has 0 unspecified atom stereocenters. The van der Waals surface area contributed by atoms with Gasteiger partial charge in [-0.25, -0.2) is 13.1 Å². The van der Waals surface area contributed by atoms with Crippen molar-refractivity contribution in [3.05, 3.63) is 58.6 Å². The van der Waals surface area contributed by atoms with Crippen LogP contribution in [0.2, 0.25) is 0 Å². The molecule has 0 aromatic heterocycles. The van der Waals surface area contributed by atoms with Crippen LogP contribution in [0.4, 0.5) is 5.69 Å². The molecule has 2 aromatic rings. The van der Waals surface area contributed by atoms with Gasteiger partial charge in [0.1, 0.15) is 0 Å². The molecule has 0 aliphatic rings. The minimum Gasteiger partial charge on any atom is -0.325 e. The quantitative estimate of drug-likeness (QED) is 0.834. The van der Waals surface area contributed by atoms with Crippen molar-refractivity contribution in [1.29, 1.82) is 0 Å². The van der Waals surface area contributed by atoms with Gasteiger partial charge in [-0.05, 0) is 42.8 Å². The summed E-state index contributed by atoms with van der Waals surface area (Å²) < 4.78 is 27.5. The zero-order valence-electron chi connectivity index (χ0n) is 11.8. The van der Waals surface area contributed by atoms with E-state index >= 15 is 0 Å². The van der Waals surface area contributed by atoms with E-state index in [4.69, 9.17) is 0 Å². The van der Waals surface area contributed by atoms with Crippen LogP contribution >= 0.6 is 15.9 Å². The highest BCUT2D eigenvalue weighted by Gasteiger charge is 2.17. The maximum atomic E-state index is 12.2. The van der Waals surface area contributed by atoms with Crippen molar-refractivity contribution in [1.82, 2.24) is 4.72 Å². The molecule has 0 atom stereocenters. The summed E-state index contributed by atoms with van der Waals surface area (Å²) in [6, 6.07) is 13.6. The molecule has 0 bridgehead atoms. The lowest BCUT2D eigenvalue weighted by Gasteiger charge is -2.09.